The Balaban J connectivity index is 1.55. The zero-order valence-electron chi connectivity index (χ0n) is 14.1. The average Bonchev–Trinajstić information content (AvgIpc) is 2.67. The van der Waals surface area contributed by atoms with Crippen molar-refractivity contribution in [3.63, 3.8) is 0 Å². The smallest absolute Gasteiger partial charge is 0.277 e. The molecule has 0 aliphatic heterocycles. The summed E-state index contributed by atoms with van der Waals surface area (Å²) in [5.41, 5.74) is 3.24. The number of ether oxygens (including phenoxy) is 2. The molecule has 6 heteroatoms. The van der Waals surface area contributed by atoms with Crippen molar-refractivity contribution >= 4 is 38.8 Å². The second-order valence-corrected chi connectivity index (χ2v) is 6.33. The molecule has 3 aromatic carbocycles. The second-order valence-electron chi connectivity index (χ2n) is 5.48. The molecule has 26 heavy (non-hydrogen) atoms. The Labute approximate surface area is 159 Å². The second kappa shape index (κ2) is 8.49. The number of hydrazone groups is 1. The largest absolute Gasteiger partial charge is 0.497 e. The van der Waals surface area contributed by atoms with Crippen LogP contribution >= 0.6 is 15.9 Å². The maximum absolute atomic E-state index is 11.9. The third-order valence-corrected chi connectivity index (χ3v) is 4.41. The lowest BCUT2D eigenvalue weighted by molar-refractivity contribution is -0.123. The molecule has 0 aliphatic carbocycles. The molecular weight excluding hydrogens is 396 g/mol. The molecule has 1 N–H and O–H groups in total. The minimum atomic E-state index is -0.339. The summed E-state index contributed by atoms with van der Waals surface area (Å²) in [5, 5.41) is 6.13. The number of nitrogens with one attached hydrogen (secondary N) is 1. The predicted molar refractivity (Wildman–Crippen MR) is 106 cm³/mol. The van der Waals surface area contributed by atoms with E-state index in [1.165, 1.54) is 0 Å². The van der Waals surface area contributed by atoms with E-state index >= 15 is 0 Å². The average molecular weight is 413 g/mol. The highest BCUT2D eigenvalue weighted by Gasteiger charge is 2.03. The number of amides is 1. The SMILES string of the molecule is COc1ccc(Br)c(/C=N\NC(=O)COc2ccc3ccccc3c2)c1. The van der Waals surface area contributed by atoms with Crippen LogP contribution in [0.15, 0.2) is 70.2 Å². The van der Waals surface area contributed by atoms with Crippen molar-refractivity contribution in [1.29, 1.82) is 0 Å². The van der Waals surface area contributed by atoms with Gasteiger partial charge in [-0.15, -0.1) is 0 Å². The molecule has 1 amide bonds. The van der Waals surface area contributed by atoms with Crippen LogP contribution in [0, 0.1) is 0 Å². The van der Waals surface area contributed by atoms with Crippen LogP contribution in [-0.4, -0.2) is 25.8 Å². The predicted octanol–water partition coefficient (Wildman–Crippen LogP) is 4.14. The van der Waals surface area contributed by atoms with Crippen molar-refractivity contribution < 1.29 is 14.3 Å². The lowest BCUT2D eigenvalue weighted by Gasteiger charge is -2.06. The molecule has 5 nitrogen and oxygen atoms in total. The van der Waals surface area contributed by atoms with Crippen LogP contribution < -0.4 is 14.9 Å². The number of fused-ring (bicyclic) bond motifs is 1. The number of carbonyl (C=O) groups excluding carboxylic acids is 1. The maximum atomic E-state index is 11.9. The first-order valence-corrected chi connectivity index (χ1v) is 8.72. The first-order chi connectivity index (χ1) is 12.7. The molecule has 0 aliphatic rings. The highest BCUT2D eigenvalue weighted by atomic mass is 79.9. The summed E-state index contributed by atoms with van der Waals surface area (Å²) in [5.74, 6) is 1.01. The first-order valence-electron chi connectivity index (χ1n) is 7.93. The molecule has 0 fully saturated rings. The van der Waals surface area contributed by atoms with Gasteiger partial charge in [-0.25, -0.2) is 5.43 Å². The highest BCUT2D eigenvalue weighted by Crippen LogP contribution is 2.21. The molecule has 0 saturated carbocycles. The van der Waals surface area contributed by atoms with E-state index in [9.17, 15) is 4.79 Å². The quantitative estimate of drug-likeness (QED) is 0.488. The van der Waals surface area contributed by atoms with E-state index in [2.05, 4.69) is 26.5 Å². The van der Waals surface area contributed by atoms with E-state index in [4.69, 9.17) is 9.47 Å². The molecule has 3 aromatic rings. The van der Waals surface area contributed by atoms with Gasteiger partial charge in [0.25, 0.3) is 5.91 Å². The zero-order chi connectivity index (χ0) is 18.4. The molecule has 0 heterocycles. The van der Waals surface area contributed by atoms with Gasteiger partial charge in [0.15, 0.2) is 6.61 Å². The normalized spacial score (nSPS) is 10.8. The summed E-state index contributed by atoms with van der Waals surface area (Å²) >= 11 is 3.42. The van der Waals surface area contributed by atoms with E-state index < -0.39 is 0 Å². The summed E-state index contributed by atoms with van der Waals surface area (Å²) in [6, 6.07) is 19.2. The van der Waals surface area contributed by atoms with Crippen molar-refractivity contribution in [2.24, 2.45) is 5.10 Å². The number of hydrogen-bond donors (Lipinski definition) is 1. The van der Waals surface area contributed by atoms with Gasteiger partial charge in [-0.1, -0.05) is 46.3 Å². The number of hydrogen-bond acceptors (Lipinski definition) is 4. The fraction of sp³-hybridized carbons (Fsp3) is 0.100. The van der Waals surface area contributed by atoms with Gasteiger partial charge in [0, 0.05) is 10.0 Å². The number of benzene rings is 3. The molecule has 0 radical (unpaired) electrons. The minimum Gasteiger partial charge on any atom is -0.497 e. The van der Waals surface area contributed by atoms with Crippen molar-refractivity contribution in [2.45, 2.75) is 0 Å². The molecular formula is C20H17BrN2O3. The van der Waals surface area contributed by atoms with E-state index in [0.717, 1.165) is 20.8 Å². The van der Waals surface area contributed by atoms with Gasteiger partial charge in [-0.3, -0.25) is 4.79 Å². The molecule has 0 bridgehead atoms. The molecule has 0 unspecified atom stereocenters. The Bertz CT molecular complexity index is 957. The fourth-order valence-corrected chi connectivity index (χ4v) is 2.71. The first kappa shape index (κ1) is 17.9. The van der Waals surface area contributed by atoms with Crippen LogP contribution in [-0.2, 0) is 4.79 Å². The van der Waals surface area contributed by atoms with E-state index in [1.54, 1.807) is 13.3 Å². The Hall–Kier alpha value is -2.86. The summed E-state index contributed by atoms with van der Waals surface area (Å²) in [6.07, 6.45) is 1.54. The minimum absolute atomic E-state index is 0.116. The molecule has 3 rings (SSSR count). The van der Waals surface area contributed by atoms with Gasteiger partial charge in [0.05, 0.1) is 13.3 Å². The summed E-state index contributed by atoms with van der Waals surface area (Å²) in [6.45, 7) is -0.116. The van der Waals surface area contributed by atoms with Gasteiger partial charge in [-0.2, -0.15) is 5.10 Å². The van der Waals surface area contributed by atoms with Crippen LogP contribution in [0.3, 0.4) is 0 Å². The van der Waals surface area contributed by atoms with Crippen LogP contribution in [0.1, 0.15) is 5.56 Å². The third-order valence-electron chi connectivity index (χ3n) is 3.69. The fourth-order valence-electron chi connectivity index (χ4n) is 2.36. The molecule has 0 saturated heterocycles. The zero-order valence-corrected chi connectivity index (χ0v) is 15.7. The Morgan fingerprint density at radius 1 is 1.08 bits per heavy atom. The van der Waals surface area contributed by atoms with E-state index in [0.29, 0.717) is 11.5 Å². The molecule has 0 spiro atoms. The Morgan fingerprint density at radius 3 is 2.65 bits per heavy atom. The van der Waals surface area contributed by atoms with Crippen LogP contribution in [0.5, 0.6) is 11.5 Å². The monoisotopic (exact) mass is 412 g/mol. The molecule has 132 valence electrons. The van der Waals surface area contributed by atoms with Crippen molar-refractivity contribution in [1.82, 2.24) is 5.43 Å². The van der Waals surface area contributed by atoms with Gasteiger partial charge in [0.2, 0.25) is 0 Å². The van der Waals surface area contributed by atoms with E-state index in [-0.39, 0.29) is 12.5 Å². The Kier molecular flexibility index (Phi) is 5.86. The topological polar surface area (TPSA) is 59.9 Å². The molecule has 0 aromatic heterocycles. The van der Waals surface area contributed by atoms with Gasteiger partial charge in [-0.05, 0) is 41.1 Å². The number of methoxy groups -OCH3 is 1. The van der Waals surface area contributed by atoms with Crippen LogP contribution in [0.25, 0.3) is 10.8 Å². The lowest BCUT2D eigenvalue weighted by Crippen LogP contribution is -2.24. The van der Waals surface area contributed by atoms with Crippen molar-refractivity contribution in [2.75, 3.05) is 13.7 Å². The molecule has 0 atom stereocenters. The van der Waals surface area contributed by atoms with Crippen molar-refractivity contribution in [3.05, 3.63) is 70.7 Å². The lowest BCUT2D eigenvalue weighted by atomic mass is 10.1. The number of halogens is 1. The third kappa shape index (κ3) is 4.61. The highest BCUT2D eigenvalue weighted by molar-refractivity contribution is 9.10. The van der Waals surface area contributed by atoms with Crippen molar-refractivity contribution in [3.8, 4) is 11.5 Å². The standard InChI is InChI=1S/C20H17BrN2O3/c1-25-17-8-9-19(21)16(11-17)12-22-23-20(24)13-26-18-7-6-14-4-2-3-5-15(14)10-18/h2-12H,13H2,1H3,(H,23,24)/b22-12-. The van der Waals surface area contributed by atoms with E-state index in [1.807, 2.05) is 60.7 Å². The maximum Gasteiger partial charge on any atom is 0.277 e. The summed E-state index contributed by atoms with van der Waals surface area (Å²) < 4.78 is 11.5. The summed E-state index contributed by atoms with van der Waals surface area (Å²) in [4.78, 5) is 11.9. The Morgan fingerprint density at radius 2 is 1.85 bits per heavy atom. The van der Waals surface area contributed by atoms with Gasteiger partial charge in [0.1, 0.15) is 11.5 Å². The van der Waals surface area contributed by atoms with Gasteiger partial charge >= 0.3 is 0 Å². The summed E-state index contributed by atoms with van der Waals surface area (Å²) in [7, 11) is 1.59. The number of nitrogens with zero attached hydrogens (tertiary/aromatic N) is 1. The van der Waals surface area contributed by atoms with Gasteiger partial charge < -0.3 is 9.47 Å². The number of carbonyl (C=O) groups is 1. The van der Waals surface area contributed by atoms with Crippen LogP contribution in [0.4, 0.5) is 0 Å². The van der Waals surface area contributed by atoms with Crippen LogP contribution in [0.2, 0.25) is 0 Å². The number of rotatable bonds is 6.